The molecule has 0 aliphatic rings. The second-order valence-corrected chi connectivity index (χ2v) is 7.15. The Hall–Kier alpha value is -2.13. The Morgan fingerprint density at radius 2 is 1.96 bits per heavy atom. The van der Waals surface area contributed by atoms with Crippen LogP contribution in [-0.4, -0.2) is 13.4 Å². The standard InChI is InChI=1S/C14H9BrF2N2O3S/c15-10-4-12(17)14(5-11(10)16)19-23(20,21)9-3-13(18-6-9)8-1-2-22-7-8/h1-7,18-19H. The van der Waals surface area contributed by atoms with Gasteiger partial charge in [0.1, 0.15) is 16.5 Å². The molecule has 0 aliphatic heterocycles. The highest BCUT2D eigenvalue weighted by Gasteiger charge is 2.20. The lowest BCUT2D eigenvalue weighted by atomic mass is 10.2. The lowest BCUT2D eigenvalue weighted by molar-refractivity contribution is 0.568. The number of furan rings is 1. The van der Waals surface area contributed by atoms with Crippen molar-refractivity contribution in [2.75, 3.05) is 4.72 Å². The second-order valence-electron chi connectivity index (χ2n) is 4.61. The van der Waals surface area contributed by atoms with E-state index in [1.807, 2.05) is 4.72 Å². The lowest BCUT2D eigenvalue weighted by Crippen LogP contribution is -2.13. The van der Waals surface area contributed by atoms with Crippen molar-refractivity contribution in [3.63, 3.8) is 0 Å². The molecule has 23 heavy (non-hydrogen) atoms. The Labute approximate surface area is 138 Å². The summed E-state index contributed by atoms with van der Waals surface area (Å²) in [6, 6.07) is 4.63. The lowest BCUT2D eigenvalue weighted by Gasteiger charge is -2.08. The first-order chi connectivity index (χ1) is 10.9. The Morgan fingerprint density at radius 1 is 1.17 bits per heavy atom. The first-order valence-electron chi connectivity index (χ1n) is 6.25. The molecule has 2 N–H and O–H groups in total. The molecular weight excluding hydrogens is 394 g/mol. The van der Waals surface area contributed by atoms with E-state index in [0.29, 0.717) is 11.3 Å². The van der Waals surface area contributed by atoms with Crippen molar-refractivity contribution >= 4 is 31.6 Å². The molecule has 3 rings (SSSR count). The minimum absolute atomic E-state index is 0.0955. The zero-order valence-electron chi connectivity index (χ0n) is 11.3. The van der Waals surface area contributed by atoms with Gasteiger partial charge in [-0.05, 0) is 34.1 Å². The average molecular weight is 403 g/mol. The molecule has 2 aromatic heterocycles. The second kappa shape index (κ2) is 5.82. The third-order valence-electron chi connectivity index (χ3n) is 3.05. The quantitative estimate of drug-likeness (QED) is 0.644. The van der Waals surface area contributed by atoms with Gasteiger partial charge in [0, 0.05) is 17.8 Å². The van der Waals surface area contributed by atoms with Gasteiger partial charge in [0.05, 0.1) is 28.4 Å². The Morgan fingerprint density at radius 3 is 2.65 bits per heavy atom. The molecule has 0 unspecified atom stereocenters. The fraction of sp³-hybridized carbons (Fsp3) is 0. The van der Waals surface area contributed by atoms with Crippen molar-refractivity contribution in [2.24, 2.45) is 0 Å². The van der Waals surface area contributed by atoms with Crippen molar-refractivity contribution in [1.29, 1.82) is 0 Å². The smallest absolute Gasteiger partial charge is 0.263 e. The fourth-order valence-corrected chi connectivity index (χ4v) is 3.28. The van der Waals surface area contributed by atoms with E-state index in [0.717, 1.165) is 12.1 Å². The predicted molar refractivity (Wildman–Crippen MR) is 83.4 cm³/mol. The Balaban J connectivity index is 1.92. The average Bonchev–Trinajstić information content (AvgIpc) is 3.15. The predicted octanol–water partition coefficient (Wildman–Crippen LogP) is 4.12. The topological polar surface area (TPSA) is 75.1 Å². The van der Waals surface area contributed by atoms with E-state index in [2.05, 4.69) is 20.9 Å². The molecule has 2 heterocycles. The van der Waals surface area contributed by atoms with Crippen LogP contribution in [0.2, 0.25) is 0 Å². The fourth-order valence-electron chi connectivity index (χ4n) is 1.92. The van der Waals surface area contributed by atoms with Crippen LogP contribution in [0.1, 0.15) is 0 Å². The summed E-state index contributed by atoms with van der Waals surface area (Å²) >= 11 is 2.82. The molecule has 1 aromatic carbocycles. The van der Waals surface area contributed by atoms with Crippen LogP contribution in [0.4, 0.5) is 14.5 Å². The zero-order valence-corrected chi connectivity index (χ0v) is 13.7. The minimum atomic E-state index is -4.07. The number of anilines is 1. The van der Waals surface area contributed by atoms with E-state index >= 15 is 0 Å². The van der Waals surface area contributed by atoms with Gasteiger partial charge in [-0.25, -0.2) is 17.2 Å². The van der Waals surface area contributed by atoms with Gasteiger partial charge in [-0.1, -0.05) is 0 Å². The highest BCUT2D eigenvalue weighted by atomic mass is 79.9. The van der Waals surface area contributed by atoms with E-state index in [4.69, 9.17) is 4.42 Å². The molecule has 120 valence electrons. The highest BCUT2D eigenvalue weighted by Crippen LogP contribution is 2.27. The molecule has 0 radical (unpaired) electrons. The van der Waals surface area contributed by atoms with E-state index in [-0.39, 0.29) is 9.37 Å². The van der Waals surface area contributed by atoms with Crippen LogP contribution in [0.15, 0.2) is 56.8 Å². The first kappa shape index (κ1) is 15.8. The highest BCUT2D eigenvalue weighted by molar-refractivity contribution is 9.10. The Kier molecular flexibility index (Phi) is 3.99. The minimum Gasteiger partial charge on any atom is -0.472 e. The van der Waals surface area contributed by atoms with Gasteiger partial charge in [0.15, 0.2) is 0 Å². The van der Waals surface area contributed by atoms with Crippen molar-refractivity contribution in [3.8, 4) is 11.3 Å². The van der Waals surface area contributed by atoms with Gasteiger partial charge >= 0.3 is 0 Å². The van der Waals surface area contributed by atoms with E-state index in [1.165, 1.54) is 24.8 Å². The number of aromatic nitrogens is 1. The number of halogens is 3. The molecule has 0 amide bonds. The number of rotatable bonds is 4. The molecule has 0 saturated heterocycles. The van der Waals surface area contributed by atoms with Gasteiger partial charge < -0.3 is 9.40 Å². The summed E-state index contributed by atoms with van der Waals surface area (Å²) in [6.45, 7) is 0. The number of nitrogens with one attached hydrogen (secondary N) is 2. The third kappa shape index (κ3) is 3.15. The molecule has 0 fully saturated rings. The number of aromatic amines is 1. The summed E-state index contributed by atoms with van der Waals surface area (Å²) in [5.41, 5.74) is 0.700. The maximum Gasteiger partial charge on any atom is 0.263 e. The molecule has 0 bridgehead atoms. The van der Waals surface area contributed by atoms with Crippen molar-refractivity contribution < 1.29 is 21.6 Å². The Bertz CT molecular complexity index is 953. The zero-order chi connectivity index (χ0) is 16.6. The summed E-state index contributed by atoms with van der Waals surface area (Å²) in [5, 5.41) is 0. The molecule has 3 aromatic rings. The maximum atomic E-state index is 13.8. The summed E-state index contributed by atoms with van der Waals surface area (Å²) in [6.07, 6.45) is 4.14. The summed E-state index contributed by atoms with van der Waals surface area (Å²) in [4.78, 5) is 2.67. The van der Waals surface area contributed by atoms with Crippen LogP contribution < -0.4 is 4.72 Å². The van der Waals surface area contributed by atoms with Gasteiger partial charge in [-0.15, -0.1) is 0 Å². The SMILES string of the molecule is O=S(=O)(Nc1cc(F)c(Br)cc1F)c1c[nH]c(-c2ccoc2)c1. The van der Waals surface area contributed by atoms with Crippen LogP contribution >= 0.6 is 15.9 Å². The number of H-pyrrole nitrogens is 1. The van der Waals surface area contributed by atoms with Crippen LogP contribution in [0.3, 0.4) is 0 Å². The molecular formula is C14H9BrF2N2O3S. The first-order valence-corrected chi connectivity index (χ1v) is 8.53. The van der Waals surface area contributed by atoms with Crippen molar-refractivity contribution in [3.05, 3.63) is 59.1 Å². The number of sulfonamides is 1. The molecule has 5 nitrogen and oxygen atoms in total. The van der Waals surface area contributed by atoms with E-state index < -0.39 is 27.3 Å². The molecule has 0 spiro atoms. The third-order valence-corrected chi connectivity index (χ3v) is 5.01. The van der Waals surface area contributed by atoms with Crippen molar-refractivity contribution in [2.45, 2.75) is 4.90 Å². The largest absolute Gasteiger partial charge is 0.472 e. The van der Waals surface area contributed by atoms with Crippen molar-refractivity contribution in [1.82, 2.24) is 4.98 Å². The summed E-state index contributed by atoms with van der Waals surface area (Å²) < 4.78 is 58.6. The monoisotopic (exact) mass is 402 g/mol. The molecule has 0 atom stereocenters. The van der Waals surface area contributed by atoms with Gasteiger partial charge in [0.2, 0.25) is 0 Å². The number of benzene rings is 1. The molecule has 0 saturated carbocycles. The van der Waals surface area contributed by atoms with E-state index in [9.17, 15) is 17.2 Å². The number of hydrogen-bond acceptors (Lipinski definition) is 3. The van der Waals surface area contributed by atoms with Gasteiger partial charge in [0.25, 0.3) is 10.0 Å². The van der Waals surface area contributed by atoms with Gasteiger partial charge in [-0.3, -0.25) is 4.72 Å². The number of hydrogen-bond donors (Lipinski definition) is 2. The molecule has 0 aliphatic carbocycles. The van der Waals surface area contributed by atoms with E-state index in [1.54, 1.807) is 6.07 Å². The van der Waals surface area contributed by atoms with Crippen LogP contribution in [0.5, 0.6) is 0 Å². The maximum absolute atomic E-state index is 13.8. The van der Waals surface area contributed by atoms with Gasteiger partial charge in [-0.2, -0.15) is 0 Å². The summed E-state index contributed by atoms with van der Waals surface area (Å²) in [5.74, 6) is -1.68. The van der Waals surface area contributed by atoms with Crippen LogP contribution in [-0.2, 0) is 10.0 Å². The van der Waals surface area contributed by atoms with Crippen LogP contribution in [0.25, 0.3) is 11.3 Å². The van der Waals surface area contributed by atoms with Crippen LogP contribution in [0, 0.1) is 11.6 Å². The normalized spacial score (nSPS) is 11.6. The summed E-state index contributed by atoms with van der Waals surface area (Å²) in [7, 11) is -4.07. The molecule has 9 heteroatoms.